The number of amides is 2. The first-order chi connectivity index (χ1) is 12.4. The van der Waals surface area contributed by atoms with Gasteiger partial charge in [-0.3, -0.25) is 9.59 Å². The van der Waals surface area contributed by atoms with Crippen molar-refractivity contribution in [3.63, 3.8) is 0 Å². The third-order valence-corrected chi connectivity index (χ3v) is 4.41. The molecule has 5 nitrogen and oxygen atoms in total. The quantitative estimate of drug-likeness (QED) is 0.740. The lowest BCUT2D eigenvalue weighted by Gasteiger charge is -2.21. The Morgan fingerprint density at radius 3 is 2.23 bits per heavy atom. The highest BCUT2D eigenvalue weighted by Gasteiger charge is 2.12. The van der Waals surface area contributed by atoms with Gasteiger partial charge in [-0.05, 0) is 56.3 Å². The average Bonchev–Trinajstić information content (AvgIpc) is 2.62. The van der Waals surface area contributed by atoms with Crippen molar-refractivity contribution in [2.75, 3.05) is 29.9 Å². The van der Waals surface area contributed by atoms with Gasteiger partial charge in [0, 0.05) is 29.5 Å². The molecular formula is C19H21Cl2N3O2. The molecule has 0 bridgehead atoms. The molecule has 0 aromatic heterocycles. The lowest BCUT2D eigenvalue weighted by atomic mass is 10.2. The van der Waals surface area contributed by atoms with Crippen molar-refractivity contribution in [2.24, 2.45) is 0 Å². The van der Waals surface area contributed by atoms with E-state index in [4.69, 9.17) is 23.2 Å². The second-order valence-electron chi connectivity index (χ2n) is 5.57. The molecule has 2 amide bonds. The third kappa shape index (κ3) is 5.38. The molecule has 7 heteroatoms. The molecular weight excluding hydrogens is 373 g/mol. The minimum Gasteiger partial charge on any atom is -0.372 e. The fourth-order valence-electron chi connectivity index (χ4n) is 2.48. The van der Waals surface area contributed by atoms with Gasteiger partial charge >= 0.3 is 0 Å². The molecule has 2 aromatic carbocycles. The van der Waals surface area contributed by atoms with Crippen LogP contribution in [0.5, 0.6) is 0 Å². The van der Waals surface area contributed by atoms with E-state index in [1.807, 2.05) is 24.3 Å². The summed E-state index contributed by atoms with van der Waals surface area (Å²) in [4.78, 5) is 26.3. The monoisotopic (exact) mass is 393 g/mol. The second kappa shape index (κ2) is 9.46. The molecule has 26 heavy (non-hydrogen) atoms. The van der Waals surface area contributed by atoms with Crippen LogP contribution >= 0.6 is 23.2 Å². The predicted octanol–water partition coefficient (Wildman–Crippen LogP) is 4.21. The van der Waals surface area contributed by atoms with Crippen molar-refractivity contribution in [2.45, 2.75) is 13.8 Å². The van der Waals surface area contributed by atoms with E-state index in [0.29, 0.717) is 10.7 Å². The number of benzene rings is 2. The molecule has 0 radical (unpaired) electrons. The highest BCUT2D eigenvalue weighted by Crippen LogP contribution is 2.21. The minimum atomic E-state index is -0.432. The maximum atomic E-state index is 12.1. The van der Waals surface area contributed by atoms with Crippen molar-refractivity contribution in [3.8, 4) is 0 Å². The van der Waals surface area contributed by atoms with Crippen LogP contribution in [0.15, 0.2) is 42.5 Å². The van der Waals surface area contributed by atoms with Crippen LogP contribution in [0.4, 0.5) is 11.4 Å². The van der Waals surface area contributed by atoms with E-state index in [-0.39, 0.29) is 23.0 Å². The molecule has 0 spiro atoms. The van der Waals surface area contributed by atoms with Gasteiger partial charge in [-0.15, -0.1) is 0 Å². The van der Waals surface area contributed by atoms with E-state index in [1.54, 1.807) is 6.07 Å². The first-order valence-electron chi connectivity index (χ1n) is 8.32. The van der Waals surface area contributed by atoms with E-state index >= 15 is 0 Å². The summed E-state index contributed by atoms with van der Waals surface area (Å²) in [5, 5.41) is 5.97. The zero-order valence-corrected chi connectivity index (χ0v) is 16.2. The molecule has 0 heterocycles. The number of nitrogens with one attached hydrogen (secondary N) is 2. The second-order valence-corrected chi connectivity index (χ2v) is 6.42. The van der Waals surface area contributed by atoms with Gasteiger partial charge in [0.1, 0.15) is 0 Å². The van der Waals surface area contributed by atoms with Crippen LogP contribution in [0.2, 0.25) is 10.0 Å². The third-order valence-electron chi connectivity index (χ3n) is 3.86. The van der Waals surface area contributed by atoms with E-state index in [9.17, 15) is 9.59 Å². The van der Waals surface area contributed by atoms with Crippen LogP contribution in [0.3, 0.4) is 0 Å². The summed E-state index contributed by atoms with van der Waals surface area (Å²) in [5.41, 5.74) is 2.04. The normalized spacial score (nSPS) is 10.3. The molecule has 138 valence electrons. The standard InChI is InChI=1S/C19H21Cl2N3O2/c1-3-24(4-2)15-8-6-14(7-9-15)23-18(25)12-22-19(26)16-10-5-13(20)11-17(16)21/h5-11H,3-4,12H2,1-2H3,(H,22,26)(H,23,25). The molecule has 0 saturated heterocycles. The van der Waals surface area contributed by atoms with Crippen molar-refractivity contribution >= 4 is 46.4 Å². The Morgan fingerprint density at radius 1 is 1.00 bits per heavy atom. The summed E-state index contributed by atoms with van der Waals surface area (Å²) in [6, 6.07) is 12.1. The Kier molecular flexibility index (Phi) is 7.30. The van der Waals surface area contributed by atoms with Crippen molar-refractivity contribution in [3.05, 3.63) is 58.1 Å². The number of hydrogen-bond acceptors (Lipinski definition) is 3. The Hall–Kier alpha value is -2.24. The molecule has 0 fully saturated rings. The first-order valence-corrected chi connectivity index (χ1v) is 9.08. The maximum absolute atomic E-state index is 12.1. The Labute approximate surface area is 163 Å². The highest BCUT2D eigenvalue weighted by atomic mass is 35.5. The van der Waals surface area contributed by atoms with E-state index < -0.39 is 5.91 Å². The van der Waals surface area contributed by atoms with Crippen LogP contribution in [0.1, 0.15) is 24.2 Å². The smallest absolute Gasteiger partial charge is 0.253 e. The Morgan fingerprint density at radius 2 is 1.65 bits per heavy atom. The van der Waals surface area contributed by atoms with Gasteiger partial charge in [0.25, 0.3) is 5.91 Å². The molecule has 0 atom stereocenters. The van der Waals surface area contributed by atoms with E-state index in [2.05, 4.69) is 29.4 Å². The van der Waals surface area contributed by atoms with Gasteiger partial charge in [-0.1, -0.05) is 23.2 Å². The van der Waals surface area contributed by atoms with Gasteiger partial charge in [-0.2, -0.15) is 0 Å². The number of rotatable bonds is 7. The highest BCUT2D eigenvalue weighted by molar-refractivity contribution is 6.36. The number of nitrogens with zero attached hydrogens (tertiary/aromatic N) is 1. The summed E-state index contributed by atoms with van der Waals surface area (Å²) in [5.74, 6) is -0.752. The molecule has 0 aliphatic heterocycles. The lowest BCUT2D eigenvalue weighted by Crippen LogP contribution is -2.33. The zero-order chi connectivity index (χ0) is 19.1. The molecule has 2 rings (SSSR count). The fourth-order valence-corrected chi connectivity index (χ4v) is 2.97. The largest absolute Gasteiger partial charge is 0.372 e. The molecule has 2 aromatic rings. The van der Waals surface area contributed by atoms with Gasteiger partial charge in [-0.25, -0.2) is 0 Å². The van der Waals surface area contributed by atoms with Gasteiger partial charge in [0.05, 0.1) is 17.1 Å². The van der Waals surface area contributed by atoms with Gasteiger partial charge in [0.15, 0.2) is 0 Å². The SMILES string of the molecule is CCN(CC)c1ccc(NC(=O)CNC(=O)c2ccc(Cl)cc2Cl)cc1. The van der Waals surface area contributed by atoms with Crippen molar-refractivity contribution in [1.29, 1.82) is 0 Å². The molecule has 0 saturated carbocycles. The summed E-state index contributed by atoms with van der Waals surface area (Å²) in [6.07, 6.45) is 0. The Balaban J connectivity index is 1.89. The molecule has 0 aliphatic rings. The van der Waals surface area contributed by atoms with Gasteiger partial charge in [0.2, 0.25) is 5.91 Å². The van der Waals surface area contributed by atoms with Crippen molar-refractivity contribution in [1.82, 2.24) is 5.32 Å². The van der Waals surface area contributed by atoms with Crippen LogP contribution in [0.25, 0.3) is 0 Å². The van der Waals surface area contributed by atoms with E-state index in [1.165, 1.54) is 12.1 Å². The van der Waals surface area contributed by atoms with E-state index in [0.717, 1.165) is 18.8 Å². The molecule has 2 N–H and O–H groups in total. The number of carbonyl (C=O) groups excluding carboxylic acids is 2. The predicted molar refractivity (Wildman–Crippen MR) is 107 cm³/mol. The summed E-state index contributed by atoms with van der Waals surface area (Å²) >= 11 is 11.8. The van der Waals surface area contributed by atoms with Gasteiger partial charge < -0.3 is 15.5 Å². The number of halogens is 2. The maximum Gasteiger partial charge on any atom is 0.253 e. The number of anilines is 2. The van der Waals surface area contributed by atoms with Crippen LogP contribution < -0.4 is 15.5 Å². The minimum absolute atomic E-state index is 0.157. The van der Waals surface area contributed by atoms with Crippen LogP contribution in [-0.2, 0) is 4.79 Å². The van der Waals surface area contributed by atoms with Crippen LogP contribution in [-0.4, -0.2) is 31.4 Å². The summed E-state index contributed by atoms with van der Waals surface area (Å²) in [7, 11) is 0. The lowest BCUT2D eigenvalue weighted by molar-refractivity contribution is -0.115. The van der Waals surface area contributed by atoms with Crippen molar-refractivity contribution < 1.29 is 9.59 Å². The fraction of sp³-hybridized carbons (Fsp3) is 0.263. The molecule has 0 unspecified atom stereocenters. The first kappa shape index (κ1) is 20.1. The summed E-state index contributed by atoms with van der Waals surface area (Å²) < 4.78 is 0. The van der Waals surface area contributed by atoms with Crippen LogP contribution in [0, 0.1) is 0 Å². The number of hydrogen-bond donors (Lipinski definition) is 2. The Bertz CT molecular complexity index is 775. The zero-order valence-electron chi connectivity index (χ0n) is 14.7. The number of carbonyl (C=O) groups is 2. The average molecular weight is 394 g/mol. The molecule has 0 aliphatic carbocycles. The topological polar surface area (TPSA) is 61.4 Å². The summed E-state index contributed by atoms with van der Waals surface area (Å²) in [6.45, 7) is 5.86.